The van der Waals surface area contributed by atoms with Crippen LogP contribution in [0.2, 0.25) is 0 Å². The van der Waals surface area contributed by atoms with Gasteiger partial charge in [0.1, 0.15) is 42.5 Å². The summed E-state index contributed by atoms with van der Waals surface area (Å²) in [5.41, 5.74) is 0.671. The maximum atomic E-state index is 12.3. The van der Waals surface area contributed by atoms with Crippen LogP contribution >= 0.6 is 0 Å². The third-order valence-electron chi connectivity index (χ3n) is 5.97. The van der Waals surface area contributed by atoms with Gasteiger partial charge in [-0.15, -0.1) is 0 Å². The summed E-state index contributed by atoms with van der Waals surface area (Å²) < 4.78 is 16.0. The lowest BCUT2D eigenvalue weighted by atomic mass is 9.99. The highest BCUT2D eigenvalue weighted by molar-refractivity contribution is 5.91. The molecule has 40 heavy (non-hydrogen) atoms. The van der Waals surface area contributed by atoms with Crippen LogP contribution in [0.15, 0.2) is 48.5 Å². The van der Waals surface area contributed by atoms with Crippen LogP contribution in [0, 0.1) is 0 Å². The summed E-state index contributed by atoms with van der Waals surface area (Å²) in [6, 6.07) is 9.90. The Bertz CT molecular complexity index is 1380. The molecular formula is C27H26O13. The smallest absolute Gasteiger partial charge is 0.338 e. The number of carbonyl (C=O) groups excluding carboxylic acids is 1. The molecule has 1 fully saturated rings. The molecule has 1 aliphatic rings. The van der Waals surface area contributed by atoms with Gasteiger partial charge < -0.3 is 60.2 Å². The maximum absolute atomic E-state index is 12.3. The number of benzene rings is 3. The van der Waals surface area contributed by atoms with Crippen molar-refractivity contribution < 1.29 is 65.0 Å². The van der Waals surface area contributed by atoms with Crippen LogP contribution in [-0.4, -0.2) is 89.2 Å². The third-order valence-corrected chi connectivity index (χ3v) is 5.97. The molecule has 0 aliphatic carbocycles. The van der Waals surface area contributed by atoms with E-state index in [0.29, 0.717) is 11.1 Å². The summed E-state index contributed by atoms with van der Waals surface area (Å²) in [5, 5.41) is 89.0. The molecule has 0 amide bonds. The van der Waals surface area contributed by atoms with Gasteiger partial charge in [-0.2, -0.15) is 0 Å². The fraction of sp³-hybridized carbons (Fsp3) is 0.222. The van der Waals surface area contributed by atoms with Crippen molar-refractivity contribution in [2.45, 2.75) is 30.7 Å². The highest BCUT2D eigenvalue weighted by Crippen LogP contribution is 2.36. The topological polar surface area (TPSA) is 227 Å². The van der Waals surface area contributed by atoms with Crippen LogP contribution < -0.4 is 4.74 Å². The Morgan fingerprint density at radius 1 is 0.750 bits per heavy atom. The summed E-state index contributed by atoms with van der Waals surface area (Å²) in [4.78, 5) is 12.3. The Hall–Kier alpha value is -4.69. The number of aromatic hydroxyl groups is 6. The molecule has 9 N–H and O–H groups in total. The quantitative estimate of drug-likeness (QED) is 0.113. The van der Waals surface area contributed by atoms with E-state index in [4.69, 9.17) is 14.2 Å². The Balaban J connectivity index is 1.42. The molecule has 3 aromatic carbocycles. The number of aliphatic hydroxyl groups excluding tert-OH is 3. The third kappa shape index (κ3) is 6.30. The molecule has 0 bridgehead atoms. The van der Waals surface area contributed by atoms with E-state index < -0.39 is 60.5 Å². The fourth-order valence-corrected chi connectivity index (χ4v) is 3.88. The van der Waals surface area contributed by atoms with Crippen molar-refractivity contribution in [3.63, 3.8) is 0 Å². The van der Waals surface area contributed by atoms with Gasteiger partial charge >= 0.3 is 5.97 Å². The van der Waals surface area contributed by atoms with Crippen molar-refractivity contribution in [2.75, 3.05) is 6.61 Å². The van der Waals surface area contributed by atoms with Crippen LogP contribution in [0.3, 0.4) is 0 Å². The van der Waals surface area contributed by atoms with Crippen molar-refractivity contribution >= 4 is 18.1 Å². The number of hydrogen-bond acceptors (Lipinski definition) is 13. The van der Waals surface area contributed by atoms with E-state index in [-0.39, 0.29) is 28.6 Å². The SMILES string of the molecule is O=C(OC[C@H]1O[C@@H](Oc2ccc(/C=C\c3cc(O)cc(O)c3)cc2O)[C@H](O)[C@@H](O)[C@@H]1O)c1cc(O)c(O)c(O)c1. The Labute approximate surface area is 226 Å². The zero-order valence-electron chi connectivity index (χ0n) is 20.5. The van der Waals surface area contributed by atoms with E-state index in [1.165, 1.54) is 36.4 Å². The van der Waals surface area contributed by atoms with Crippen molar-refractivity contribution in [2.24, 2.45) is 0 Å². The van der Waals surface area contributed by atoms with Gasteiger partial charge in [0, 0.05) is 6.07 Å². The number of carbonyl (C=O) groups is 1. The second-order valence-electron chi connectivity index (χ2n) is 8.94. The van der Waals surface area contributed by atoms with E-state index in [2.05, 4.69) is 0 Å². The second kappa shape index (κ2) is 11.6. The molecule has 1 saturated heterocycles. The maximum Gasteiger partial charge on any atom is 0.338 e. The van der Waals surface area contributed by atoms with Crippen LogP contribution in [0.25, 0.3) is 12.2 Å². The largest absolute Gasteiger partial charge is 0.508 e. The van der Waals surface area contributed by atoms with Crippen LogP contribution in [-0.2, 0) is 9.47 Å². The number of rotatable bonds is 7. The first-order valence-corrected chi connectivity index (χ1v) is 11.8. The second-order valence-corrected chi connectivity index (χ2v) is 8.94. The van der Waals surface area contributed by atoms with E-state index in [0.717, 1.165) is 12.1 Å². The van der Waals surface area contributed by atoms with E-state index in [9.17, 15) is 50.8 Å². The summed E-state index contributed by atoms with van der Waals surface area (Å²) in [6.07, 6.45) is -5.09. The molecule has 1 heterocycles. The molecule has 0 radical (unpaired) electrons. The molecule has 3 aromatic rings. The molecule has 13 heteroatoms. The lowest BCUT2D eigenvalue weighted by molar-refractivity contribution is -0.277. The molecule has 1 aliphatic heterocycles. The predicted octanol–water partition coefficient (Wildman–Crippen LogP) is 1.13. The number of phenols is 6. The van der Waals surface area contributed by atoms with Crippen molar-refractivity contribution in [1.82, 2.24) is 0 Å². The van der Waals surface area contributed by atoms with Gasteiger partial charge in [0.25, 0.3) is 0 Å². The number of phenolic OH excluding ortho intramolecular Hbond substituents is 6. The summed E-state index contributed by atoms with van der Waals surface area (Å²) in [7, 11) is 0. The number of esters is 1. The van der Waals surface area contributed by atoms with Gasteiger partial charge in [0.05, 0.1) is 5.56 Å². The molecule has 13 nitrogen and oxygen atoms in total. The van der Waals surface area contributed by atoms with E-state index >= 15 is 0 Å². The number of hydrogen-bond donors (Lipinski definition) is 9. The van der Waals surface area contributed by atoms with Gasteiger partial charge in [-0.3, -0.25) is 0 Å². The zero-order valence-corrected chi connectivity index (χ0v) is 20.5. The van der Waals surface area contributed by atoms with Gasteiger partial charge in [0.2, 0.25) is 6.29 Å². The van der Waals surface area contributed by atoms with Crippen LogP contribution in [0.1, 0.15) is 21.5 Å². The highest BCUT2D eigenvalue weighted by Gasteiger charge is 2.45. The normalized spacial score (nSPS) is 22.7. The number of ether oxygens (including phenoxy) is 3. The van der Waals surface area contributed by atoms with Crippen LogP contribution in [0.5, 0.6) is 40.2 Å². The highest BCUT2D eigenvalue weighted by atomic mass is 16.7. The van der Waals surface area contributed by atoms with Gasteiger partial charge in [-0.25, -0.2) is 4.79 Å². The minimum Gasteiger partial charge on any atom is -0.508 e. The van der Waals surface area contributed by atoms with Gasteiger partial charge in [0.15, 0.2) is 28.7 Å². The molecule has 4 rings (SSSR count). The molecule has 5 atom stereocenters. The Kier molecular flexibility index (Phi) is 8.21. The van der Waals surface area contributed by atoms with Gasteiger partial charge in [-0.05, 0) is 47.5 Å². The minimum atomic E-state index is -1.78. The Morgan fingerprint density at radius 2 is 1.38 bits per heavy atom. The first-order valence-electron chi connectivity index (χ1n) is 11.8. The van der Waals surface area contributed by atoms with Crippen molar-refractivity contribution in [3.8, 4) is 40.2 Å². The van der Waals surface area contributed by atoms with E-state index in [1.807, 2.05) is 0 Å². The lowest BCUT2D eigenvalue weighted by Gasteiger charge is -2.39. The fourth-order valence-electron chi connectivity index (χ4n) is 3.88. The molecule has 0 spiro atoms. The molecule has 212 valence electrons. The molecule has 0 aromatic heterocycles. The Morgan fingerprint density at radius 3 is 2.00 bits per heavy atom. The molecular weight excluding hydrogens is 532 g/mol. The first kappa shape index (κ1) is 28.3. The van der Waals surface area contributed by atoms with Gasteiger partial charge in [-0.1, -0.05) is 18.2 Å². The summed E-state index contributed by atoms with van der Waals surface area (Å²) in [5.74, 6) is -4.21. The van der Waals surface area contributed by atoms with Crippen molar-refractivity contribution in [1.29, 1.82) is 0 Å². The summed E-state index contributed by atoms with van der Waals surface area (Å²) in [6.45, 7) is -0.646. The number of aliphatic hydroxyl groups is 3. The molecule has 0 saturated carbocycles. The summed E-state index contributed by atoms with van der Waals surface area (Å²) >= 11 is 0. The minimum absolute atomic E-state index is 0.128. The predicted molar refractivity (Wildman–Crippen MR) is 136 cm³/mol. The van der Waals surface area contributed by atoms with Crippen LogP contribution in [0.4, 0.5) is 0 Å². The average molecular weight is 558 g/mol. The standard InChI is InChI=1S/C27H26O13/c28-15-5-13(6-16(29)10-15)2-1-12-3-4-20(17(30)7-12)39-27-25(36)24(35)23(34)21(40-27)11-38-26(37)14-8-18(31)22(33)19(32)9-14/h1-10,21,23-25,27-36H,11H2/b2-1-/t21-,23-,24+,25-,27-/m1/s1. The zero-order chi connectivity index (χ0) is 29.1. The lowest BCUT2D eigenvalue weighted by Crippen LogP contribution is -2.60. The molecule has 0 unspecified atom stereocenters. The monoisotopic (exact) mass is 558 g/mol. The van der Waals surface area contributed by atoms with Crippen molar-refractivity contribution in [3.05, 3.63) is 65.2 Å². The van der Waals surface area contributed by atoms with E-state index in [1.54, 1.807) is 12.2 Å². The first-order chi connectivity index (χ1) is 18.9. The average Bonchev–Trinajstić information content (AvgIpc) is 2.90.